The number of aromatic nitrogens is 1. The largest absolute Gasteiger partial charge is 0.395 e. The Hall–Kier alpha value is -1.92. The molecule has 1 aliphatic rings. The number of thiazole rings is 1. The fourth-order valence-electron chi connectivity index (χ4n) is 3.29. The fourth-order valence-corrected chi connectivity index (χ4v) is 3.99. The average Bonchev–Trinajstić information content (AvgIpc) is 3.19. The van der Waals surface area contributed by atoms with Crippen molar-refractivity contribution in [1.82, 2.24) is 15.2 Å². The molecule has 1 aromatic heterocycles. The van der Waals surface area contributed by atoms with Crippen molar-refractivity contribution < 1.29 is 9.90 Å². The van der Waals surface area contributed by atoms with Crippen LogP contribution >= 0.6 is 11.3 Å². The monoisotopic (exact) mass is 345 g/mol. The maximum atomic E-state index is 12.8. The molecule has 0 aliphatic heterocycles. The summed E-state index contributed by atoms with van der Waals surface area (Å²) in [5.74, 6) is 0. The SMILES string of the molecule is Cc1nc([C@H](C)NC(=O)N(CCO)[C@H]2CCc3ccccc32)cs1. The van der Waals surface area contributed by atoms with Crippen LogP contribution in [0.25, 0.3) is 0 Å². The summed E-state index contributed by atoms with van der Waals surface area (Å²) in [6.07, 6.45) is 1.87. The Morgan fingerprint density at radius 3 is 3.00 bits per heavy atom. The molecule has 1 aromatic carbocycles. The highest BCUT2D eigenvalue weighted by Gasteiger charge is 2.31. The van der Waals surface area contributed by atoms with Crippen LogP contribution in [0.2, 0.25) is 0 Å². The number of aliphatic hydroxyl groups excluding tert-OH is 1. The lowest BCUT2D eigenvalue weighted by Crippen LogP contribution is -2.44. The van der Waals surface area contributed by atoms with E-state index in [1.807, 2.05) is 31.4 Å². The van der Waals surface area contributed by atoms with E-state index < -0.39 is 0 Å². The molecule has 0 fully saturated rings. The van der Waals surface area contributed by atoms with Crippen LogP contribution in [0.5, 0.6) is 0 Å². The van der Waals surface area contributed by atoms with Crippen LogP contribution in [0.15, 0.2) is 29.6 Å². The summed E-state index contributed by atoms with van der Waals surface area (Å²) in [7, 11) is 0. The third kappa shape index (κ3) is 3.44. The first kappa shape index (κ1) is 16.9. The first-order chi connectivity index (χ1) is 11.6. The van der Waals surface area contributed by atoms with Gasteiger partial charge in [0, 0.05) is 11.9 Å². The van der Waals surface area contributed by atoms with E-state index in [1.165, 1.54) is 11.1 Å². The molecule has 2 aromatic rings. The van der Waals surface area contributed by atoms with Gasteiger partial charge in [0.25, 0.3) is 0 Å². The van der Waals surface area contributed by atoms with E-state index >= 15 is 0 Å². The molecule has 0 saturated heterocycles. The second-order valence-corrected chi connectivity index (χ2v) is 7.20. The van der Waals surface area contributed by atoms with E-state index in [0.29, 0.717) is 6.54 Å². The molecule has 0 saturated carbocycles. The minimum atomic E-state index is -0.153. The average molecular weight is 345 g/mol. The predicted molar refractivity (Wildman–Crippen MR) is 95.1 cm³/mol. The van der Waals surface area contributed by atoms with Crippen molar-refractivity contribution in [2.75, 3.05) is 13.2 Å². The molecule has 24 heavy (non-hydrogen) atoms. The van der Waals surface area contributed by atoms with Gasteiger partial charge in [-0.05, 0) is 37.8 Å². The number of rotatable bonds is 5. The van der Waals surface area contributed by atoms with Gasteiger partial charge in [-0.3, -0.25) is 0 Å². The highest BCUT2D eigenvalue weighted by atomic mass is 32.1. The molecule has 1 aliphatic carbocycles. The van der Waals surface area contributed by atoms with Gasteiger partial charge in [-0.1, -0.05) is 24.3 Å². The van der Waals surface area contributed by atoms with Crippen molar-refractivity contribution in [2.24, 2.45) is 0 Å². The third-order valence-electron chi connectivity index (χ3n) is 4.50. The summed E-state index contributed by atoms with van der Waals surface area (Å²) in [6.45, 7) is 4.17. The van der Waals surface area contributed by atoms with Crippen LogP contribution in [-0.4, -0.2) is 34.2 Å². The van der Waals surface area contributed by atoms with E-state index in [0.717, 1.165) is 23.5 Å². The highest BCUT2D eigenvalue weighted by molar-refractivity contribution is 7.09. The zero-order chi connectivity index (χ0) is 17.1. The van der Waals surface area contributed by atoms with E-state index in [9.17, 15) is 9.90 Å². The molecule has 5 nitrogen and oxygen atoms in total. The topological polar surface area (TPSA) is 65.5 Å². The molecule has 6 heteroatoms. The molecule has 0 unspecified atom stereocenters. The van der Waals surface area contributed by atoms with Crippen molar-refractivity contribution in [1.29, 1.82) is 0 Å². The van der Waals surface area contributed by atoms with Gasteiger partial charge in [0.05, 0.1) is 29.4 Å². The van der Waals surface area contributed by atoms with Crippen LogP contribution in [0.4, 0.5) is 4.79 Å². The molecule has 2 N–H and O–H groups in total. The van der Waals surface area contributed by atoms with Crippen LogP contribution in [0.1, 0.15) is 47.3 Å². The first-order valence-corrected chi connectivity index (χ1v) is 9.16. The number of hydrogen-bond acceptors (Lipinski definition) is 4. The van der Waals surface area contributed by atoms with Crippen molar-refractivity contribution in [3.8, 4) is 0 Å². The number of aliphatic hydroxyl groups is 1. The molecule has 128 valence electrons. The summed E-state index contributed by atoms with van der Waals surface area (Å²) in [6, 6.07) is 7.96. The normalized spacial score (nSPS) is 17.4. The van der Waals surface area contributed by atoms with Gasteiger partial charge in [-0.25, -0.2) is 9.78 Å². The fraction of sp³-hybridized carbons (Fsp3) is 0.444. The Morgan fingerprint density at radius 2 is 2.29 bits per heavy atom. The molecular weight excluding hydrogens is 322 g/mol. The van der Waals surface area contributed by atoms with Gasteiger partial charge in [0.1, 0.15) is 0 Å². The zero-order valence-corrected chi connectivity index (χ0v) is 14.8. The van der Waals surface area contributed by atoms with Gasteiger partial charge in [-0.2, -0.15) is 0 Å². The van der Waals surface area contributed by atoms with Crippen molar-refractivity contribution in [2.45, 2.75) is 38.8 Å². The number of aryl methyl sites for hydroxylation is 2. The number of benzene rings is 1. The number of nitrogens with one attached hydrogen (secondary N) is 1. The quantitative estimate of drug-likeness (QED) is 0.874. The number of urea groups is 1. The van der Waals surface area contributed by atoms with Crippen LogP contribution in [0.3, 0.4) is 0 Å². The standard InChI is InChI=1S/C18H23N3O2S/c1-12(16-11-24-13(2)20-16)19-18(23)21(9-10-22)17-8-7-14-5-3-4-6-15(14)17/h3-6,11-12,17,22H,7-10H2,1-2H3,(H,19,23)/t12-,17-/m0/s1. The van der Waals surface area contributed by atoms with Gasteiger partial charge in [-0.15, -0.1) is 11.3 Å². The number of carbonyl (C=O) groups is 1. The van der Waals surface area contributed by atoms with E-state index in [-0.39, 0.29) is 24.7 Å². The second kappa shape index (κ2) is 7.32. The summed E-state index contributed by atoms with van der Waals surface area (Å²) >= 11 is 1.58. The smallest absolute Gasteiger partial charge is 0.318 e. The molecule has 1 heterocycles. The van der Waals surface area contributed by atoms with E-state index in [4.69, 9.17) is 0 Å². The number of hydrogen-bond donors (Lipinski definition) is 2. The van der Waals surface area contributed by atoms with Crippen LogP contribution in [-0.2, 0) is 6.42 Å². The van der Waals surface area contributed by atoms with E-state index in [2.05, 4.69) is 22.4 Å². The van der Waals surface area contributed by atoms with Crippen molar-refractivity contribution in [3.05, 3.63) is 51.5 Å². The Bertz CT molecular complexity index is 716. The minimum Gasteiger partial charge on any atom is -0.395 e. The lowest BCUT2D eigenvalue weighted by atomic mass is 10.1. The molecule has 0 bridgehead atoms. The van der Waals surface area contributed by atoms with E-state index in [1.54, 1.807) is 16.2 Å². The molecular formula is C18H23N3O2S. The van der Waals surface area contributed by atoms with Gasteiger partial charge < -0.3 is 15.3 Å². The third-order valence-corrected chi connectivity index (χ3v) is 5.29. The number of amides is 2. The molecule has 3 rings (SSSR count). The number of nitrogens with zero attached hydrogens (tertiary/aromatic N) is 2. The number of carbonyl (C=O) groups excluding carboxylic acids is 1. The van der Waals surface area contributed by atoms with Crippen LogP contribution < -0.4 is 5.32 Å². The van der Waals surface area contributed by atoms with Gasteiger partial charge in [0.15, 0.2) is 0 Å². The zero-order valence-electron chi connectivity index (χ0n) is 14.0. The lowest BCUT2D eigenvalue weighted by molar-refractivity contribution is 0.149. The predicted octanol–water partition coefficient (Wildman–Crippen LogP) is 3.20. The Morgan fingerprint density at radius 1 is 1.50 bits per heavy atom. The Kier molecular flexibility index (Phi) is 5.16. The lowest BCUT2D eigenvalue weighted by Gasteiger charge is -2.30. The molecule has 0 radical (unpaired) electrons. The van der Waals surface area contributed by atoms with Crippen molar-refractivity contribution in [3.63, 3.8) is 0 Å². The van der Waals surface area contributed by atoms with Crippen molar-refractivity contribution >= 4 is 17.4 Å². The Balaban J connectivity index is 1.75. The maximum absolute atomic E-state index is 12.8. The van der Waals surface area contributed by atoms with Gasteiger partial charge >= 0.3 is 6.03 Å². The summed E-state index contributed by atoms with van der Waals surface area (Å²) in [5.41, 5.74) is 3.36. The minimum absolute atomic E-state index is 0.0257. The first-order valence-electron chi connectivity index (χ1n) is 8.28. The summed E-state index contributed by atoms with van der Waals surface area (Å²) < 4.78 is 0. The summed E-state index contributed by atoms with van der Waals surface area (Å²) in [5, 5.41) is 15.4. The molecule has 0 spiro atoms. The molecule has 2 atom stereocenters. The van der Waals surface area contributed by atoms with Crippen LogP contribution in [0, 0.1) is 6.92 Å². The summed E-state index contributed by atoms with van der Waals surface area (Å²) in [4.78, 5) is 19.0. The molecule has 2 amide bonds. The highest BCUT2D eigenvalue weighted by Crippen LogP contribution is 2.35. The van der Waals surface area contributed by atoms with Gasteiger partial charge in [0.2, 0.25) is 0 Å². The second-order valence-electron chi connectivity index (χ2n) is 6.13. The maximum Gasteiger partial charge on any atom is 0.318 e. The Labute approximate surface area is 146 Å². The number of fused-ring (bicyclic) bond motifs is 1.